The highest BCUT2D eigenvalue weighted by atomic mass is 32.3. The Bertz CT molecular complexity index is 385. The van der Waals surface area contributed by atoms with Crippen LogP contribution < -0.4 is 5.73 Å². The molecule has 0 amide bonds. The second kappa shape index (κ2) is 3.35. The van der Waals surface area contributed by atoms with Crippen molar-refractivity contribution in [2.75, 3.05) is 0 Å². The second-order valence-electron chi connectivity index (χ2n) is 3.06. The molecular weight excluding hydrogens is 210 g/mol. The SMILES string of the molecule is C[C@@H]1C=CC(N)=C[C@@]1(O)OS(=O)(=O)O. The number of nitrogens with two attached hydrogens (primary N) is 1. The van der Waals surface area contributed by atoms with Crippen LogP contribution in [0.4, 0.5) is 0 Å². The molecule has 0 unspecified atom stereocenters. The molecule has 0 aromatic rings. The Balaban J connectivity index is 2.99. The van der Waals surface area contributed by atoms with E-state index in [9.17, 15) is 13.5 Å². The normalized spacial score (nSPS) is 32.8. The van der Waals surface area contributed by atoms with Crippen LogP contribution in [0, 0.1) is 5.92 Å². The zero-order valence-electron chi connectivity index (χ0n) is 7.41. The van der Waals surface area contributed by atoms with Crippen LogP contribution in [-0.4, -0.2) is 23.9 Å². The van der Waals surface area contributed by atoms with Crippen LogP contribution in [-0.2, 0) is 14.6 Å². The van der Waals surface area contributed by atoms with E-state index < -0.39 is 22.1 Å². The Morgan fingerprint density at radius 3 is 2.71 bits per heavy atom. The first-order chi connectivity index (χ1) is 6.23. The van der Waals surface area contributed by atoms with E-state index in [1.165, 1.54) is 19.1 Å². The van der Waals surface area contributed by atoms with Gasteiger partial charge in [0.2, 0.25) is 5.79 Å². The molecule has 4 N–H and O–H groups in total. The van der Waals surface area contributed by atoms with Gasteiger partial charge in [0.1, 0.15) is 0 Å². The molecule has 1 aliphatic carbocycles. The monoisotopic (exact) mass is 221 g/mol. The molecule has 0 radical (unpaired) electrons. The summed E-state index contributed by atoms with van der Waals surface area (Å²) in [5.74, 6) is -2.75. The smallest absolute Gasteiger partial charge is 0.399 e. The fraction of sp³-hybridized carbons (Fsp3) is 0.429. The van der Waals surface area contributed by atoms with Gasteiger partial charge in [0.25, 0.3) is 0 Å². The van der Waals surface area contributed by atoms with E-state index >= 15 is 0 Å². The standard InChI is InChI=1S/C7H11NO5S/c1-5-2-3-6(8)4-7(5,9)13-14(10,11)12/h2-5,9H,8H2,1H3,(H,10,11,12)/t5-,7-/m1/s1. The van der Waals surface area contributed by atoms with Crippen molar-refractivity contribution >= 4 is 10.4 Å². The fourth-order valence-electron chi connectivity index (χ4n) is 1.08. The largest absolute Gasteiger partial charge is 0.400 e. The Hall–Kier alpha value is -0.890. The van der Waals surface area contributed by atoms with E-state index in [-0.39, 0.29) is 5.70 Å². The zero-order chi connectivity index (χ0) is 11.0. The van der Waals surface area contributed by atoms with Crippen LogP contribution in [0.2, 0.25) is 0 Å². The summed E-state index contributed by atoms with van der Waals surface area (Å²) < 4.78 is 33.4. The van der Waals surface area contributed by atoms with Gasteiger partial charge in [-0.1, -0.05) is 13.0 Å². The summed E-state index contributed by atoms with van der Waals surface area (Å²) in [4.78, 5) is 0. The van der Waals surface area contributed by atoms with Gasteiger partial charge in [-0.3, -0.25) is 4.55 Å². The van der Waals surface area contributed by atoms with Gasteiger partial charge in [0.05, 0.1) is 0 Å². The molecule has 0 aromatic heterocycles. The van der Waals surface area contributed by atoms with Crippen molar-refractivity contribution in [3.05, 3.63) is 23.9 Å². The van der Waals surface area contributed by atoms with Crippen molar-refractivity contribution in [2.45, 2.75) is 12.7 Å². The third-order valence-electron chi connectivity index (χ3n) is 1.84. The molecule has 0 bridgehead atoms. The van der Waals surface area contributed by atoms with E-state index in [2.05, 4.69) is 4.18 Å². The molecule has 1 rings (SSSR count). The minimum Gasteiger partial charge on any atom is -0.399 e. The van der Waals surface area contributed by atoms with Crippen molar-refractivity contribution in [1.82, 2.24) is 0 Å². The third-order valence-corrected chi connectivity index (χ3v) is 2.32. The van der Waals surface area contributed by atoms with Gasteiger partial charge in [0, 0.05) is 11.6 Å². The number of hydrogen-bond donors (Lipinski definition) is 3. The molecule has 1 aliphatic rings. The van der Waals surface area contributed by atoms with E-state index in [4.69, 9.17) is 10.3 Å². The van der Waals surface area contributed by atoms with Gasteiger partial charge in [-0.15, -0.1) is 0 Å². The number of hydrogen-bond acceptors (Lipinski definition) is 5. The first-order valence-electron chi connectivity index (χ1n) is 3.80. The van der Waals surface area contributed by atoms with Crippen molar-refractivity contribution in [1.29, 1.82) is 0 Å². The molecule has 0 saturated heterocycles. The number of rotatable bonds is 2. The molecule has 2 atom stereocenters. The molecule has 14 heavy (non-hydrogen) atoms. The first kappa shape index (κ1) is 11.2. The number of aliphatic hydroxyl groups is 1. The molecule has 0 saturated carbocycles. The molecule has 7 heteroatoms. The van der Waals surface area contributed by atoms with E-state index in [0.717, 1.165) is 6.08 Å². The fourth-order valence-corrected chi connectivity index (χ4v) is 1.62. The number of allylic oxidation sites excluding steroid dienone is 1. The Morgan fingerprint density at radius 1 is 1.64 bits per heavy atom. The summed E-state index contributed by atoms with van der Waals surface area (Å²) in [6.45, 7) is 1.52. The van der Waals surface area contributed by atoms with Gasteiger partial charge in [-0.25, -0.2) is 4.18 Å². The maximum Gasteiger partial charge on any atom is 0.400 e. The predicted octanol–water partition coefficient (Wildman–Crippen LogP) is -0.457. The van der Waals surface area contributed by atoms with Crippen molar-refractivity contribution in [2.24, 2.45) is 11.7 Å². The van der Waals surface area contributed by atoms with Gasteiger partial charge in [0.15, 0.2) is 0 Å². The van der Waals surface area contributed by atoms with Gasteiger partial charge in [-0.05, 0) is 12.2 Å². The molecule has 0 heterocycles. The van der Waals surface area contributed by atoms with Crippen molar-refractivity contribution in [3.8, 4) is 0 Å². The highest BCUT2D eigenvalue weighted by Gasteiger charge is 2.38. The van der Waals surface area contributed by atoms with Crippen LogP contribution in [0.5, 0.6) is 0 Å². The summed E-state index contributed by atoms with van der Waals surface area (Å²) in [5, 5.41) is 9.68. The minimum absolute atomic E-state index is 0.161. The van der Waals surface area contributed by atoms with Gasteiger partial charge in [-0.2, -0.15) is 8.42 Å². The molecular formula is C7H11NO5S. The van der Waals surface area contributed by atoms with Gasteiger partial charge >= 0.3 is 10.4 Å². The molecule has 0 fully saturated rings. The average molecular weight is 221 g/mol. The van der Waals surface area contributed by atoms with Crippen molar-refractivity contribution in [3.63, 3.8) is 0 Å². The lowest BCUT2D eigenvalue weighted by Gasteiger charge is -2.29. The Morgan fingerprint density at radius 2 is 2.21 bits per heavy atom. The third kappa shape index (κ3) is 2.55. The highest BCUT2D eigenvalue weighted by molar-refractivity contribution is 7.80. The molecule has 0 aromatic carbocycles. The summed E-state index contributed by atoms with van der Waals surface area (Å²) in [7, 11) is -4.72. The summed E-state index contributed by atoms with van der Waals surface area (Å²) in [5.41, 5.74) is 5.51. The highest BCUT2D eigenvalue weighted by Crippen LogP contribution is 2.28. The first-order valence-corrected chi connectivity index (χ1v) is 5.16. The lowest BCUT2D eigenvalue weighted by atomic mass is 9.95. The lowest BCUT2D eigenvalue weighted by Crippen LogP contribution is -2.40. The summed E-state index contributed by atoms with van der Waals surface area (Å²) >= 11 is 0. The second-order valence-corrected chi connectivity index (χ2v) is 4.08. The maximum atomic E-state index is 10.4. The van der Waals surface area contributed by atoms with Crippen LogP contribution in [0.3, 0.4) is 0 Å². The summed E-state index contributed by atoms with van der Waals surface area (Å²) in [6.07, 6.45) is 4.00. The summed E-state index contributed by atoms with van der Waals surface area (Å²) in [6, 6.07) is 0. The quantitative estimate of drug-likeness (QED) is 0.430. The van der Waals surface area contributed by atoms with Crippen LogP contribution in [0.25, 0.3) is 0 Å². The van der Waals surface area contributed by atoms with Crippen LogP contribution in [0.1, 0.15) is 6.92 Å². The van der Waals surface area contributed by atoms with E-state index in [1.807, 2.05) is 0 Å². The molecule has 80 valence electrons. The Labute approximate surface area is 81.6 Å². The van der Waals surface area contributed by atoms with Crippen LogP contribution >= 0.6 is 0 Å². The topological polar surface area (TPSA) is 110 Å². The Kier molecular flexibility index (Phi) is 2.68. The van der Waals surface area contributed by atoms with Crippen LogP contribution in [0.15, 0.2) is 23.9 Å². The molecule has 0 aliphatic heterocycles. The van der Waals surface area contributed by atoms with Crippen molar-refractivity contribution < 1.29 is 22.3 Å². The molecule has 6 nitrogen and oxygen atoms in total. The average Bonchev–Trinajstić information content (AvgIpc) is 1.93. The van der Waals surface area contributed by atoms with E-state index in [1.54, 1.807) is 0 Å². The zero-order valence-corrected chi connectivity index (χ0v) is 8.23. The minimum atomic E-state index is -4.72. The predicted molar refractivity (Wildman–Crippen MR) is 48.2 cm³/mol. The molecule has 0 spiro atoms. The maximum absolute atomic E-state index is 10.4. The van der Waals surface area contributed by atoms with Gasteiger partial charge < -0.3 is 10.8 Å². The van der Waals surface area contributed by atoms with E-state index in [0.29, 0.717) is 0 Å². The lowest BCUT2D eigenvalue weighted by molar-refractivity contribution is -0.123.